The lowest BCUT2D eigenvalue weighted by Crippen LogP contribution is -2.37. The highest BCUT2D eigenvalue weighted by molar-refractivity contribution is 9.10. The van der Waals surface area contributed by atoms with Crippen molar-refractivity contribution in [2.75, 3.05) is 0 Å². The zero-order valence-electron chi connectivity index (χ0n) is 13.3. The predicted octanol–water partition coefficient (Wildman–Crippen LogP) is 4.64. The number of hydrogen-bond donors (Lipinski definition) is 0. The van der Waals surface area contributed by atoms with Crippen LogP contribution in [0.1, 0.15) is 50.4 Å². The Hall–Kier alpha value is -1.16. The highest BCUT2D eigenvalue weighted by Gasteiger charge is 2.34. The molecule has 0 saturated heterocycles. The van der Waals surface area contributed by atoms with Crippen LogP contribution in [0, 0.1) is 17.8 Å². The maximum Gasteiger partial charge on any atom is 0.379 e. The van der Waals surface area contributed by atoms with E-state index in [2.05, 4.69) is 36.7 Å². The van der Waals surface area contributed by atoms with Crippen molar-refractivity contribution in [1.29, 1.82) is 0 Å². The minimum absolute atomic E-state index is 0.143. The molecule has 0 aliphatic heterocycles. The van der Waals surface area contributed by atoms with Gasteiger partial charge in [0, 0.05) is 10.0 Å². The van der Waals surface area contributed by atoms with Crippen LogP contribution in [-0.2, 0) is 9.53 Å². The molecule has 1 aromatic carbocycles. The number of carbonyl (C=O) groups excluding carboxylic acids is 2. The fourth-order valence-electron chi connectivity index (χ4n) is 3.16. The molecule has 1 saturated carbocycles. The summed E-state index contributed by atoms with van der Waals surface area (Å²) in [5, 5.41) is 0. The Bertz CT molecular complexity index is 536. The van der Waals surface area contributed by atoms with Gasteiger partial charge in [-0.15, -0.1) is 0 Å². The van der Waals surface area contributed by atoms with E-state index >= 15 is 0 Å². The molecule has 4 heteroatoms. The quantitative estimate of drug-likeness (QED) is 0.443. The number of hydrogen-bond acceptors (Lipinski definition) is 3. The van der Waals surface area contributed by atoms with Crippen molar-refractivity contribution in [3.05, 3.63) is 34.3 Å². The zero-order chi connectivity index (χ0) is 16.3. The Morgan fingerprint density at radius 2 is 1.82 bits per heavy atom. The Kier molecular flexibility index (Phi) is 5.79. The molecule has 3 atom stereocenters. The molecule has 0 heterocycles. The normalized spacial score (nSPS) is 25.0. The largest absolute Gasteiger partial charge is 0.456 e. The molecule has 0 aromatic heterocycles. The molecule has 0 spiro atoms. The average molecular weight is 367 g/mol. The number of benzene rings is 1. The summed E-state index contributed by atoms with van der Waals surface area (Å²) in [6.07, 6.45) is 2.93. The average Bonchev–Trinajstić information content (AvgIpc) is 2.47. The third-order valence-corrected chi connectivity index (χ3v) is 5.04. The van der Waals surface area contributed by atoms with Crippen LogP contribution in [0.3, 0.4) is 0 Å². The molecule has 0 amide bonds. The predicted molar refractivity (Wildman–Crippen MR) is 89.7 cm³/mol. The van der Waals surface area contributed by atoms with E-state index in [4.69, 9.17) is 4.74 Å². The minimum Gasteiger partial charge on any atom is -0.456 e. The first kappa shape index (κ1) is 17.2. The van der Waals surface area contributed by atoms with E-state index in [0.717, 1.165) is 23.7 Å². The molecule has 0 N–H and O–H groups in total. The highest BCUT2D eigenvalue weighted by Crippen LogP contribution is 2.35. The molecule has 3 unspecified atom stereocenters. The molecule has 120 valence electrons. The van der Waals surface area contributed by atoms with Gasteiger partial charge in [0.05, 0.1) is 0 Å². The molecule has 22 heavy (non-hydrogen) atoms. The number of halogens is 1. The van der Waals surface area contributed by atoms with E-state index in [1.165, 1.54) is 0 Å². The lowest BCUT2D eigenvalue weighted by molar-refractivity contribution is -0.149. The van der Waals surface area contributed by atoms with Gasteiger partial charge < -0.3 is 4.74 Å². The molecule has 1 fully saturated rings. The Morgan fingerprint density at radius 1 is 1.18 bits per heavy atom. The summed E-state index contributed by atoms with van der Waals surface area (Å²) in [5.41, 5.74) is 0.373. The van der Waals surface area contributed by atoms with Gasteiger partial charge in [0.2, 0.25) is 0 Å². The van der Waals surface area contributed by atoms with Gasteiger partial charge in [0.25, 0.3) is 5.78 Å². The second-order valence-electron chi connectivity index (χ2n) is 6.61. The SMILES string of the molecule is CC1CCC(C(C)C)C(OC(=O)C(=O)c2ccc(Br)cc2)C1. The van der Waals surface area contributed by atoms with E-state index < -0.39 is 11.8 Å². The first-order valence-electron chi connectivity index (χ1n) is 7.89. The van der Waals surface area contributed by atoms with Crippen LogP contribution in [0.25, 0.3) is 0 Å². The van der Waals surface area contributed by atoms with Crippen LogP contribution in [0.15, 0.2) is 28.7 Å². The monoisotopic (exact) mass is 366 g/mol. The Balaban J connectivity index is 2.05. The number of ether oxygens (including phenoxy) is 1. The zero-order valence-corrected chi connectivity index (χ0v) is 14.9. The third-order valence-electron chi connectivity index (χ3n) is 4.51. The molecule has 2 rings (SSSR count). The van der Waals surface area contributed by atoms with E-state index in [-0.39, 0.29) is 6.10 Å². The van der Waals surface area contributed by atoms with Crippen molar-refractivity contribution < 1.29 is 14.3 Å². The molecule has 3 nitrogen and oxygen atoms in total. The molecule has 0 radical (unpaired) electrons. The summed E-state index contributed by atoms with van der Waals surface area (Å²) in [6, 6.07) is 6.77. The van der Waals surface area contributed by atoms with Crippen molar-refractivity contribution in [2.24, 2.45) is 17.8 Å². The Labute approximate surface area is 140 Å². The van der Waals surface area contributed by atoms with E-state index in [0.29, 0.717) is 23.3 Å². The van der Waals surface area contributed by atoms with Gasteiger partial charge in [-0.3, -0.25) is 4.79 Å². The molecular formula is C18H23BrO3. The summed E-state index contributed by atoms with van der Waals surface area (Å²) in [4.78, 5) is 24.4. The summed E-state index contributed by atoms with van der Waals surface area (Å²) in [6.45, 7) is 6.48. The first-order chi connectivity index (χ1) is 10.4. The van der Waals surface area contributed by atoms with Gasteiger partial charge in [-0.25, -0.2) is 4.79 Å². The van der Waals surface area contributed by atoms with Crippen molar-refractivity contribution in [1.82, 2.24) is 0 Å². The molecule has 1 aromatic rings. The summed E-state index contributed by atoms with van der Waals surface area (Å²) in [7, 11) is 0. The van der Waals surface area contributed by atoms with Gasteiger partial charge in [-0.1, -0.05) is 43.1 Å². The number of Topliss-reactive ketones (excluding diaryl/α,β-unsaturated/α-hetero) is 1. The molecular weight excluding hydrogens is 344 g/mol. The summed E-state index contributed by atoms with van der Waals surface area (Å²) < 4.78 is 6.46. The van der Waals surface area contributed by atoms with Crippen LogP contribution >= 0.6 is 15.9 Å². The van der Waals surface area contributed by atoms with Gasteiger partial charge >= 0.3 is 5.97 Å². The van der Waals surface area contributed by atoms with E-state index in [1.807, 2.05) is 0 Å². The lowest BCUT2D eigenvalue weighted by atomic mass is 9.75. The second-order valence-corrected chi connectivity index (χ2v) is 7.52. The van der Waals surface area contributed by atoms with Gasteiger partial charge in [-0.05, 0) is 54.9 Å². The van der Waals surface area contributed by atoms with Crippen LogP contribution in [0.4, 0.5) is 0 Å². The van der Waals surface area contributed by atoms with Crippen LogP contribution < -0.4 is 0 Å². The van der Waals surface area contributed by atoms with Crippen molar-refractivity contribution in [3.8, 4) is 0 Å². The molecule has 1 aliphatic carbocycles. The maximum absolute atomic E-state index is 12.2. The number of esters is 1. The van der Waals surface area contributed by atoms with Crippen LogP contribution in [-0.4, -0.2) is 17.9 Å². The van der Waals surface area contributed by atoms with E-state index in [1.54, 1.807) is 24.3 Å². The van der Waals surface area contributed by atoms with Crippen molar-refractivity contribution in [2.45, 2.75) is 46.1 Å². The van der Waals surface area contributed by atoms with Crippen molar-refractivity contribution >= 4 is 27.7 Å². The fourth-order valence-corrected chi connectivity index (χ4v) is 3.42. The summed E-state index contributed by atoms with van der Waals surface area (Å²) >= 11 is 3.31. The topological polar surface area (TPSA) is 43.4 Å². The van der Waals surface area contributed by atoms with Gasteiger partial charge in [0.15, 0.2) is 0 Å². The minimum atomic E-state index is -0.730. The molecule has 0 bridgehead atoms. The highest BCUT2D eigenvalue weighted by atomic mass is 79.9. The van der Waals surface area contributed by atoms with Gasteiger partial charge in [-0.2, -0.15) is 0 Å². The standard InChI is InChI=1S/C18H23BrO3/c1-11(2)15-9-4-12(3)10-16(15)22-18(21)17(20)13-5-7-14(19)8-6-13/h5-8,11-12,15-16H,4,9-10H2,1-3H3. The maximum atomic E-state index is 12.2. The van der Waals surface area contributed by atoms with Crippen LogP contribution in [0.2, 0.25) is 0 Å². The van der Waals surface area contributed by atoms with Gasteiger partial charge in [0.1, 0.15) is 6.10 Å². The smallest absolute Gasteiger partial charge is 0.379 e. The first-order valence-corrected chi connectivity index (χ1v) is 8.68. The number of ketones is 1. The van der Waals surface area contributed by atoms with Crippen LogP contribution in [0.5, 0.6) is 0 Å². The lowest BCUT2D eigenvalue weighted by Gasteiger charge is -2.36. The number of rotatable bonds is 4. The van der Waals surface area contributed by atoms with Crippen molar-refractivity contribution in [3.63, 3.8) is 0 Å². The fraction of sp³-hybridized carbons (Fsp3) is 0.556. The second kappa shape index (κ2) is 7.40. The van der Waals surface area contributed by atoms with E-state index in [9.17, 15) is 9.59 Å². The molecule has 1 aliphatic rings. The third kappa shape index (κ3) is 4.19. The Morgan fingerprint density at radius 3 is 2.41 bits per heavy atom. The number of carbonyl (C=O) groups is 2. The summed E-state index contributed by atoms with van der Waals surface area (Å²) in [5.74, 6) is 0.0434.